The normalized spacial score (nSPS) is 12.7. The Hall–Kier alpha value is -1.61. The Morgan fingerprint density at radius 2 is 1.80 bits per heavy atom. The van der Waals surface area contributed by atoms with Gasteiger partial charge in [0.2, 0.25) is 0 Å². The van der Waals surface area contributed by atoms with Gasteiger partial charge in [-0.05, 0) is 50.4 Å². The van der Waals surface area contributed by atoms with E-state index in [9.17, 15) is 0 Å². The molecule has 1 N–H and O–H groups in total. The van der Waals surface area contributed by atoms with Gasteiger partial charge in [0.05, 0.1) is 12.2 Å². The fraction of sp³-hybridized carbons (Fsp3) is 0.471. The number of hydrogen-bond donors (Lipinski definition) is 1. The maximum Gasteiger partial charge on any atom is 0.0662 e. The van der Waals surface area contributed by atoms with Gasteiger partial charge in [-0.3, -0.25) is 4.68 Å². The van der Waals surface area contributed by atoms with Gasteiger partial charge in [0.25, 0.3) is 0 Å². The zero-order valence-corrected chi connectivity index (χ0v) is 13.2. The molecule has 0 amide bonds. The van der Waals surface area contributed by atoms with E-state index in [-0.39, 0.29) is 0 Å². The van der Waals surface area contributed by atoms with Crippen molar-refractivity contribution in [2.45, 2.75) is 40.2 Å². The van der Waals surface area contributed by atoms with Crippen molar-refractivity contribution in [3.63, 3.8) is 0 Å². The number of aryl methyl sites for hydroxylation is 1. The molecule has 0 spiro atoms. The van der Waals surface area contributed by atoms with Crippen molar-refractivity contribution in [1.82, 2.24) is 15.1 Å². The van der Waals surface area contributed by atoms with Crippen LogP contribution in [0.2, 0.25) is 0 Å². The lowest BCUT2D eigenvalue weighted by molar-refractivity contribution is 0.655. The van der Waals surface area contributed by atoms with Gasteiger partial charge in [0, 0.05) is 12.2 Å². The first kappa shape index (κ1) is 14.8. The zero-order chi connectivity index (χ0) is 14.7. The second-order valence-electron chi connectivity index (χ2n) is 5.65. The van der Waals surface area contributed by atoms with Crippen LogP contribution in [0.5, 0.6) is 0 Å². The Morgan fingerprint density at radius 1 is 1.15 bits per heavy atom. The van der Waals surface area contributed by atoms with Crippen LogP contribution in [0.3, 0.4) is 0 Å². The maximum absolute atomic E-state index is 4.60. The summed E-state index contributed by atoms with van der Waals surface area (Å²) in [5.74, 6) is 0.546. The van der Waals surface area contributed by atoms with Gasteiger partial charge in [0.15, 0.2) is 0 Å². The molecule has 3 heteroatoms. The lowest BCUT2D eigenvalue weighted by Gasteiger charge is -2.12. The molecule has 0 aliphatic heterocycles. The highest BCUT2D eigenvalue weighted by Gasteiger charge is 2.08. The minimum absolute atomic E-state index is 0.546. The van der Waals surface area contributed by atoms with Crippen molar-refractivity contribution in [2.24, 2.45) is 0 Å². The average Bonchev–Trinajstić information content (AvgIpc) is 2.67. The van der Waals surface area contributed by atoms with E-state index in [1.54, 1.807) is 0 Å². The zero-order valence-electron chi connectivity index (χ0n) is 13.2. The number of nitrogens with zero attached hydrogens (tertiary/aromatic N) is 2. The van der Waals surface area contributed by atoms with Crippen molar-refractivity contribution in [2.75, 3.05) is 13.6 Å². The quantitative estimate of drug-likeness (QED) is 0.905. The molecule has 1 heterocycles. The summed E-state index contributed by atoms with van der Waals surface area (Å²) in [7, 11) is 2.00. The average molecular weight is 271 g/mol. The Balaban J connectivity index is 2.12. The molecule has 0 fully saturated rings. The number of benzene rings is 1. The van der Waals surface area contributed by atoms with Crippen LogP contribution >= 0.6 is 0 Å². The van der Waals surface area contributed by atoms with Gasteiger partial charge >= 0.3 is 0 Å². The van der Waals surface area contributed by atoms with Crippen molar-refractivity contribution in [3.8, 4) is 0 Å². The number of hydrogen-bond acceptors (Lipinski definition) is 2. The minimum Gasteiger partial charge on any atom is -0.319 e. The largest absolute Gasteiger partial charge is 0.319 e. The first-order valence-corrected chi connectivity index (χ1v) is 7.27. The van der Waals surface area contributed by atoms with Crippen LogP contribution in [-0.4, -0.2) is 23.4 Å². The summed E-state index contributed by atoms with van der Waals surface area (Å²) in [6.07, 6.45) is 0. The summed E-state index contributed by atoms with van der Waals surface area (Å²) < 4.78 is 2.09. The smallest absolute Gasteiger partial charge is 0.0662 e. The highest BCUT2D eigenvalue weighted by atomic mass is 15.3. The number of aromatic nitrogens is 2. The molecule has 2 aromatic rings. The van der Waals surface area contributed by atoms with Crippen molar-refractivity contribution < 1.29 is 0 Å². The molecule has 0 aliphatic carbocycles. The van der Waals surface area contributed by atoms with E-state index in [1.807, 2.05) is 7.05 Å². The molecular formula is C17H25N3. The van der Waals surface area contributed by atoms with Crippen LogP contribution in [-0.2, 0) is 6.54 Å². The Labute approximate surface area is 122 Å². The van der Waals surface area contributed by atoms with E-state index in [0.29, 0.717) is 5.92 Å². The molecule has 1 atom stereocenters. The van der Waals surface area contributed by atoms with Crippen LogP contribution in [0.1, 0.15) is 40.9 Å². The molecule has 2 rings (SSSR count). The molecule has 0 saturated heterocycles. The van der Waals surface area contributed by atoms with Gasteiger partial charge in [0.1, 0.15) is 0 Å². The Bertz CT molecular complexity index is 567. The number of nitrogens with one attached hydrogen (secondary N) is 1. The first-order valence-electron chi connectivity index (χ1n) is 7.27. The molecule has 1 aromatic carbocycles. The molecule has 0 radical (unpaired) electrons. The molecule has 20 heavy (non-hydrogen) atoms. The number of rotatable bonds is 5. The summed E-state index contributed by atoms with van der Waals surface area (Å²) >= 11 is 0. The van der Waals surface area contributed by atoms with E-state index in [1.165, 1.54) is 22.4 Å². The van der Waals surface area contributed by atoms with Crippen LogP contribution in [0.25, 0.3) is 0 Å². The van der Waals surface area contributed by atoms with Gasteiger partial charge in [-0.2, -0.15) is 5.10 Å². The lowest BCUT2D eigenvalue weighted by atomic mass is 10.00. The number of likely N-dealkylation sites (N-methyl/N-ethyl adjacent to an activating group) is 1. The molecule has 0 saturated carbocycles. The Kier molecular flexibility index (Phi) is 4.61. The summed E-state index contributed by atoms with van der Waals surface area (Å²) in [5, 5.41) is 7.82. The monoisotopic (exact) mass is 271 g/mol. The van der Waals surface area contributed by atoms with E-state index in [0.717, 1.165) is 18.8 Å². The van der Waals surface area contributed by atoms with E-state index in [4.69, 9.17) is 0 Å². The molecule has 3 nitrogen and oxygen atoms in total. The predicted octanol–water partition coefficient (Wildman–Crippen LogP) is 3.18. The Morgan fingerprint density at radius 3 is 2.30 bits per heavy atom. The highest BCUT2D eigenvalue weighted by Crippen LogP contribution is 2.17. The topological polar surface area (TPSA) is 29.9 Å². The second-order valence-corrected chi connectivity index (χ2v) is 5.65. The third-order valence-corrected chi connectivity index (χ3v) is 4.13. The van der Waals surface area contributed by atoms with E-state index in [2.05, 4.69) is 67.1 Å². The van der Waals surface area contributed by atoms with Crippen molar-refractivity contribution in [1.29, 1.82) is 0 Å². The lowest BCUT2D eigenvalue weighted by Crippen LogP contribution is -2.14. The molecule has 108 valence electrons. The first-order chi connectivity index (χ1) is 9.52. The molecule has 0 bridgehead atoms. The summed E-state index contributed by atoms with van der Waals surface area (Å²) in [6.45, 7) is 10.4. The van der Waals surface area contributed by atoms with Gasteiger partial charge < -0.3 is 5.32 Å². The predicted molar refractivity (Wildman–Crippen MR) is 84.3 cm³/mol. The molecular weight excluding hydrogens is 246 g/mol. The molecule has 0 aliphatic rings. The van der Waals surface area contributed by atoms with Crippen LogP contribution in [0, 0.1) is 20.8 Å². The second kappa shape index (κ2) is 6.23. The van der Waals surface area contributed by atoms with Crippen molar-refractivity contribution >= 4 is 0 Å². The minimum atomic E-state index is 0.546. The van der Waals surface area contributed by atoms with Crippen LogP contribution < -0.4 is 5.32 Å². The fourth-order valence-corrected chi connectivity index (χ4v) is 2.49. The van der Waals surface area contributed by atoms with Gasteiger partial charge in [-0.25, -0.2) is 0 Å². The maximum atomic E-state index is 4.60. The highest BCUT2D eigenvalue weighted by molar-refractivity contribution is 5.27. The van der Waals surface area contributed by atoms with Crippen molar-refractivity contribution in [3.05, 3.63) is 52.3 Å². The SMILES string of the molecule is CNCC(C)c1ccc(Cn2nc(C)c(C)c2C)cc1. The third kappa shape index (κ3) is 3.10. The van der Waals surface area contributed by atoms with E-state index < -0.39 is 0 Å². The van der Waals surface area contributed by atoms with Gasteiger partial charge in [-0.15, -0.1) is 0 Å². The van der Waals surface area contributed by atoms with Crippen LogP contribution in [0.15, 0.2) is 24.3 Å². The molecule has 1 unspecified atom stereocenters. The fourth-order valence-electron chi connectivity index (χ4n) is 2.49. The summed E-state index contributed by atoms with van der Waals surface area (Å²) in [6, 6.07) is 8.90. The summed E-state index contributed by atoms with van der Waals surface area (Å²) in [4.78, 5) is 0. The third-order valence-electron chi connectivity index (χ3n) is 4.13. The molecule has 1 aromatic heterocycles. The standard InChI is InChI=1S/C17H25N3/c1-12(10-18-5)17-8-6-16(7-9-17)11-20-15(4)13(2)14(3)19-20/h6-9,12,18H,10-11H2,1-5H3. The van der Waals surface area contributed by atoms with Crippen LogP contribution in [0.4, 0.5) is 0 Å². The van der Waals surface area contributed by atoms with E-state index >= 15 is 0 Å². The van der Waals surface area contributed by atoms with Gasteiger partial charge in [-0.1, -0.05) is 31.2 Å². The summed E-state index contributed by atoms with van der Waals surface area (Å²) in [5.41, 5.74) is 6.37.